The van der Waals surface area contributed by atoms with Crippen LogP contribution in [0.5, 0.6) is 5.75 Å². The van der Waals surface area contributed by atoms with Crippen molar-refractivity contribution in [3.8, 4) is 5.75 Å². The molecule has 2 amide bonds. The number of methoxy groups -OCH3 is 1. The summed E-state index contributed by atoms with van der Waals surface area (Å²) in [5.74, 6) is 0.704. The van der Waals surface area contributed by atoms with Crippen LogP contribution in [0.25, 0.3) is 0 Å². The van der Waals surface area contributed by atoms with Gasteiger partial charge in [-0.3, -0.25) is 9.59 Å². The van der Waals surface area contributed by atoms with Crippen LogP contribution in [0.1, 0.15) is 16.8 Å². The van der Waals surface area contributed by atoms with Crippen molar-refractivity contribution in [1.29, 1.82) is 0 Å². The number of β-amino-alcohol motifs (C(OH)–C–C–N with tert-alkyl or cyclic N) is 1. The molecule has 0 unspecified atom stereocenters. The van der Waals surface area contributed by atoms with Crippen LogP contribution >= 0.6 is 0 Å². The lowest BCUT2D eigenvalue weighted by Crippen LogP contribution is -2.54. The molecule has 7 nitrogen and oxygen atoms in total. The number of nitrogens with one attached hydrogen (secondary N) is 1. The van der Waals surface area contributed by atoms with Gasteiger partial charge in [-0.1, -0.05) is 0 Å². The maximum absolute atomic E-state index is 12.5. The van der Waals surface area contributed by atoms with Gasteiger partial charge < -0.3 is 25.0 Å². The summed E-state index contributed by atoms with van der Waals surface area (Å²) < 4.78 is 5.10. The van der Waals surface area contributed by atoms with Crippen LogP contribution in [0, 0.1) is 0 Å². The highest BCUT2D eigenvalue weighted by molar-refractivity contribution is 5.94. The normalized spacial score (nSPS) is 24.1. The number of amides is 2. The summed E-state index contributed by atoms with van der Waals surface area (Å²) in [6, 6.07) is 6.74. The van der Waals surface area contributed by atoms with Crippen molar-refractivity contribution in [2.75, 3.05) is 39.8 Å². The monoisotopic (exact) mass is 333 g/mol. The van der Waals surface area contributed by atoms with Gasteiger partial charge in [0.05, 0.1) is 19.3 Å². The van der Waals surface area contributed by atoms with E-state index in [-0.39, 0.29) is 17.9 Å². The summed E-state index contributed by atoms with van der Waals surface area (Å²) in [6.45, 7) is 2.55. The van der Waals surface area contributed by atoms with Gasteiger partial charge in [-0.05, 0) is 30.7 Å². The highest BCUT2D eigenvalue weighted by atomic mass is 16.5. The number of aliphatic hydroxyl groups is 1. The number of piperazine rings is 1. The van der Waals surface area contributed by atoms with E-state index < -0.39 is 6.10 Å². The SMILES string of the molecule is COc1ccc(C(=O)N2CCN(C(=O)[C@@H]3C[C@@H](O)CN3)CC2)cc1. The van der Waals surface area contributed by atoms with E-state index in [2.05, 4.69) is 5.32 Å². The third-order valence-corrected chi connectivity index (χ3v) is 4.62. The van der Waals surface area contributed by atoms with Crippen LogP contribution < -0.4 is 10.1 Å². The molecule has 2 heterocycles. The highest BCUT2D eigenvalue weighted by Gasteiger charge is 2.33. The zero-order valence-electron chi connectivity index (χ0n) is 13.8. The molecule has 0 aliphatic carbocycles. The quantitative estimate of drug-likeness (QED) is 0.794. The van der Waals surface area contributed by atoms with Gasteiger partial charge in [0, 0.05) is 38.3 Å². The molecule has 0 bridgehead atoms. The van der Waals surface area contributed by atoms with E-state index in [0.29, 0.717) is 50.5 Å². The summed E-state index contributed by atoms with van der Waals surface area (Å²) in [7, 11) is 1.59. The minimum atomic E-state index is -0.447. The number of aliphatic hydroxyl groups excluding tert-OH is 1. The molecule has 1 aromatic rings. The average molecular weight is 333 g/mol. The van der Waals surface area contributed by atoms with Crippen molar-refractivity contribution >= 4 is 11.8 Å². The first-order valence-corrected chi connectivity index (χ1v) is 8.22. The van der Waals surface area contributed by atoms with Crippen LogP contribution in [0.3, 0.4) is 0 Å². The van der Waals surface area contributed by atoms with E-state index in [1.54, 1.807) is 41.2 Å². The minimum absolute atomic E-state index is 0.0168. The van der Waals surface area contributed by atoms with Gasteiger partial charge in [0.2, 0.25) is 5.91 Å². The van der Waals surface area contributed by atoms with Crippen LogP contribution in [0.2, 0.25) is 0 Å². The van der Waals surface area contributed by atoms with Crippen molar-refractivity contribution < 1.29 is 19.4 Å². The fourth-order valence-electron chi connectivity index (χ4n) is 3.17. The molecule has 2 saturated heterocycles. The summed E-state index contributed by atoms with van der Waals surface area (Å²) in [5, 5.41) is 12.6. The lowest BCUT2D eigenvalue weighted by Gasteiger charge is -2.36. The number of rotatable bonds is 3. The smallest absolute Gasteiger partial charge is 0.253 e. The number of hydrogen-bond acceptors (Lipinski definition) is 5. The molecule has 0 saturated carbocycles. The molecule has 1 aromatic carbocycles. The molecule has 0 radical (unpaired) electrons. The minimum Gasteiger partial charge on any atom is -0.497 e. The van der Waals surface area contributed by atoms with E-state index >= 15 is 0 Å². The molecular weight excluding hydrogens is 310 g/mol. The van der Waals surface area contributed by atoms with Gasteiger partial charge in [-0.25, -0.2) is 0 Å². The maximum Gasteiger partial charge on any atom is 0.253 e. The number of hydrogen-bond donors (Lipinski definition) is 2. The summed E-state index contributed by atoms with van der Waals surface area (Å²) in [6.07, 6.45) is 0.0148. The van der Waals surface area contributed by atoms with E-state index in [1.165, 1.54) is 0 Å². The van der Waals surface area contributed by atoms with Gasteiger partial charge in [0.1, 0.15) is 5.75 Å². The topological polar surface area (TPSA) is 82.1 Å². The fourth-order valence-corrected chi connectivity index (χ4v) is 3.17. The number of carbonyl (C=O) groups excluding carboxylic acids is 2. The van der Waals surface area contributed by atoms with Crippen molar-refractivity contribution in [1.82, 2.24) is 15.1 Å². The molecule has 0 spiro atoms. The lowest BCUT2D eigenvalue weighted by molar-refractivity contribution is -0.134. The molecule has 0 aromatic heterocycles. The molecule has 2 aliphatic rings. The third-order valence-electron chi connectivity index (χ3n) is 4.62. The fraction of sp³-hybridized carbons (Fsp3) is 0.529. The van der Waals surface area contributed by atoms with Crippen molar-refractivity contribution in [3.05, 3.63) is 29.8 Å². The van der Waals surface area contributed by atoms with Crippen molar-refractivity contribution in [2.24, 2.45) is 0 Å². The number of carbonyl (C=O) groups is 2. The van der Waals surface area contributed by atoms with E-state index in [1.807, 2.05) is 0 Å². The van der Waals surface area contributed by atoms with Gasteiger partial charge in [-0.2, -0.15) is 0 Å². The number of benzene rings is 1. The summed E-state index contributed by atoms with van der Waals surface area (Å²) >= 11 is 0. The van der Waals surface area contributed by atoms with Crippen molar-refractivity contribution in [2.45, 2.75) is 18.6 Å². The summed E-state index contributed by atoms with van der Waals surface area (Å²) in [4.78, 5) is 28.4. The predicted molar refractivity (Wildman–Crippen MR) is 87.9 cm³/mol. The van der Waals surface area contributed by atoms with Crippen molar-refractivity contribution in [3.63, 3.8) is 0 Å². The van der Waals surface area contributed by atoms with Crippen LogP contribution in [-0.4, -0.2) is 78.7 Å². The van der Waals surface area contributed by atoms with Crippen LogP contribution in [0.15, 0.2) is 24.3 Å². The third kappa shape index (κ3) is 3.52. The van der Waals surface area contributed by atoms with E-state index in [0.717, 1.165) is 0 Å². The average Bonchev–Trinajstić information content (AvgIpc) is 3.07. The van der Waals surface area contributed by atoms with Gasteiger partial charge in [0.25, 0.3) is 5.91 Å². The first-order valence-electron chi connectivity index (χ1n) is 8.22. The van der Waals surface area contributed by atoms with Crippen LogP contribution in [0.4, 0.5) is 0 Å². The molecule has 3 rings (SSSR count). The molecule has 130 valence electrons. The molecule has 2 N–H and O–H groups in total. The number of nitrogens with zero attached hydrogens (tertiary/aromatic N) is 2. The Labute approximate surface area is 141 Å². The Kier molecular flexibility index (Phi) is 5.01. The van der Waals surface area contributed by atoms with E-state index in [4.69, 9.17) is 4.74 Å². The summed E-state index contributed by atoms with van der Waals surface area (Å²) in [5.41, 5.74) is 0.621. The predicted octanol–water partition coefficient (Wildman–Crippen LogP) is -0.298. The Bertz CT molecular complexity index is 596. The molecule has 7 heteroatoms. The van der Waals surface area contributed by atoms with Gasteiger partial charge in [0.15, 0.2) is 0 Å². The first-order chi connectivity index (χ1) is 11.6. The Morgan fingerprint density at radius 3 is 2.29 bits per heavy atom. The molecule has 24 heavy (non-hydrogen) atoms. The second-order valence-corrected chi connectivity index (χ2v) is 6.20. The molecular formula is C17H23N3O4. The zero-order chi connectivity index (χ0) is 17.1. The molecule has 2 aliphatic heterocycles. The van der Waals surface area contributed by atoms with Gasteiger partial charge in [-0.15, -0.1) is 0 Å². The molecule has 2 fully saturated rings. The second kappa shape index (κ2) is 7.19. The Balaban J connectivity index is 1.54. The highest BCUT2D eigenvalue weighted by Crippen LogP contribution is 2.16. The second-order valence-electron chi connectivity index (χ2n) is 6.20. The maximum atomic E-state index is 12.5. The first kappa shape index (κ1) is 16.7. The largest absolute Gasteiger partial charge is 0.497 e. The Morgan fingerprint density at radius 1 is 1.12 bits per heavy atom. The number of ether oxygens (including phenoxy) is 1. The molecule has 2 atom stereocenters. The van der Waals surface area contributed by atoms with Gasteiger partial charge >= 0.3 is 0 Å². The lowest BCUT2D eigenvalue weighted by atomic mass is 10.1. The van der Waals surface area contributed by atoms with Crippen LogP contribution in [-0.2, 0) is 4.79 Å². The Hall–Kier alpha value is -2.12. The van der Waals surface area contributed by atoms with E-state index in [9.17, 15) is 14.7 Å². The zero-order valence-corrected chi connectivity index (χ0v) is 13.8. The standard InChI is InChI=1S/C17H23N3O4/c1-24-14-4-2-12(3-5-14)16(22)19-6-8-20(9-7-19)17(23)15-10-13(21)11-18-15/h2-5,13,15,18,21H,6-11H2,1H3/t13-,15+/m1/s1. The Morgan fingerprint density at radius 2 is 1.75 bits per heavy atom.